The normalized spacial score (nSPS) is 19.2. The summed E-state index contributed by atoms with van der Waals surface area (Å²) in [5.41, 5.74) is 2.90. The van der Waals surface area contributed by atoms with E-state index in [2.05, 4.69) is 88.4 Å². The van der Waals surface area contributed by atoms with Crippen LogP contribution in [0.3, 0.4) is 0 Å². The standard InChI is InChI=1S/C24H28S2/c1-5-17(2)24-16-20(9-14-22-12-6-18(3)25-22)8-10-21(24)11-15-23-13-7-19(4)26-23/h6-15,17,24H,5,16H2,1-4H3. The number of allylic oxidation sites excluding steroid dienone is 6. The number of thiophene rings is 2. The van der Waals surface area contributed by atoms with Gasteiger partial charge in [0.15, 0.2) is 0 Å². The predicted molar refractivity (Wildman–Crippen MR) is 120 cm³/mol. The Bertz CT molecular complexity index is 854. The van der Waals surface area contributed by atoms with Crippen molar-refractivity contribution in [2.24, 2.45) is 11.8 Å². The quantitative estimate of drug-likeness (QED) is 0.475. The molecule has 0 aromatic carbocycles. The summed E-state index contributed by atoms with van der Waals surface area (Å²) >= 11 is 3.72. The number of hydrogen-bond donors (Lipinski definition) is 0. The number of hydrogen-bond acceptors (Lipinski definition) is 2. The van der Waals surface area contributed by atoms with Crippen LogP contribution in [0.1, 0.15) is 46.2 Å². The molecule has 136 valence electrons. The van der Waals surface area contributed by atoms with Gasteiger partial charge in [-0.1, -0.05) is 44.6 Å². The first-order valence-electron chi connectivity index (χ1n) is 9.45. The predicted octanol–water partition coefficient (Wildman–Crippen LogP) is 8.07. The molecule has 2 unspecified atom stereocenters. The molecule has 0 saturated heterocycles. The maximum atomic E-state index is 2.39. The summed E-state index contributed by atoms with van der Waals surface area (Å²) in [6.07, 6.45) is 16.2. The van der Waals surface area contributed by atoms with Crippen LogP contribution in [-0.2, 0) is 0 Å². The molecule has 0 fully saturated rings. The molecule has 1 aliphatic carbocycles. The van der Waals surface area contributed by atoms with Gasteiger partial charge in [-0.2, -0.15) is 0 Å². The summed E-state index contributed by atoms with van der Waals surface area (Å²) < 4.78 is 0. The third kappa shape index (κ3) is 4.96. The van der Waals surface area contributed by atoms with Crippen LogP contribution in [0.4, 0.5) is 0 Å². The Morgan fingerprint density at radius 2 is 1.54 bits per heavy atom. The molecule has 2 heterocycles. The molecule has 0 nitrogen and oxygen atoms in total. The zero-order chi connectivity index (χ0) is 18.5. The topological polar surface area (TPSA) is 0 Å². The van der Waals surface area contributed by atoms with Gasteiger partial charge < -0.3 is 0 Å². The molecule has 1 aliphatic rings. The number of aryl methyl sites for hydroxylation is 2. The van der Waals surface area contributed by atoms with Crippen LogP contribution in [0.15, 0.2) is 59.7 Å². The molecule has 2 atom stereocenters. The van der Waals surface area contributed by atoms with Gasteiger partial charge in [-0.05, 0) is 79.7 Å². The average Bonchev–Trinajstić information content (AvgIpc) is 3.25. The largest absolute Gasteiger partial charge is 0.141 e. The van der Waals surface area contributed by atoms with Gasteiger partial charge in [0.25, 0.3) is 0 Å². The van der Waals surface area contributed by atoms with E-state index in [4.69, 9.17) is 0 Å². The maximum absolute atomic E-state index is 2.39. The summed E-state index contributed by atoms with van der Waals surface area (Å²) in [7, 11) is 0. The van der Waals surface area contributed by atoms with E-state index in [0.717, 1.165) is 6.42 Å². The van der Waals surface area contributed by atoms with Crippen molar-refractivity contribution in [3.05, 3.63) is 79.2 Å². The first kappa shape index (κ1) is 19.1. The lowest BCUT2D eigenvalue weighted by molar-refractivity contribution is 0.400. The molecule has 0 aliphatic heterocycles. The Labute approximate surface area is 166 Å². The molecule has 0 spiro atoms. The molecule has 0 bridgehead atoms. The van der Waals surface area contributed by atoms with Crippen molar-refractivity contribution in [2.75, 3.05) is 0 Å². The van der Waals surface area contributed by atoms with Crippen LogP contribution >= 0.6 is 22.7 Å². The highest BCUT2D eigenvalue weighted by Gasteiger charge is 2.22. The Hall–Kier alpha value is -1.64. The summed E-state index contributed by atoms with van der Waals surface area (Å²) in [5.74, 6) is 1.30. The van der Waals surface area contributed by atoms with Crippen molar-refractivity contribution in [3.63, 3.8) is 0 Å². The lowest BCUT2D eigenvalue weighted by Gasteiger charge is -2.27. The summed E-state index contributed by atoms with van der Waals surface area (Å²) in [4.78, 5) is 5.42. The smallest absolute Gasteiger partial charge is 0.0273 e. The molecule has 0 radical (unpaired) electrons. The monoisotopic (exact) mass is 380 g/mol. The highest BCUT2D eigenvalue weighted by atomic mass is 32.1. The van der Waals surface area contributed by atoms with Gasteiger partial charge in [-0.15, -0.1) is 22.7 Å². The minimum absolute atomic E-state index is 0.604. The van der Waals surface area contributed by atoms with E-state index >= 15 is 0 Å². The van der Waals surface area contributed by atoms with Crippen LogP contribution in [0, 0.1) is 25.7 Å². The fourth-order valence-electron chi connectivity index (χ4n) is 3.34. The summed E-state index contributed by atoms with van der Waals surface area (Å²) in [6, 6.07) is 8.81. The van der Waals surface area contributed by atoms with E-state index in [0.29, 0.717) is 11.8 Å². The minimum Gasteiger partial charge on any atom is -0.141 e. The lowest BCUT2D eigenvalue weighted by atomic mass is 9.77. The second kappa shape index (κ2) is 8.83. The van der Waals surface area contributed by atoms with Crippen molar-refractivity contribution in [1.82, 2.24) is 0 Å². The van der Waals surface area contributed by atoms with Gasteiger partial charge in [0.05, 0.1) is 0 Å². The Balaban J connectivity index is 1.79. The van der Waals surface area contributed by atoms with E-state index in [1.807, 2.05) is 22.7 Å². The molecule has 2 heteroatoms. The van der Waals surface area contributed by atoms with Crippen molar-refractivity contribution in [1.29, 1.82) is 0 Å². The zero-order valence-electron chi connectivity index (χ0n) is 16.2. The molecule has 2 aromatic rings. The summed E-state index contributed by atoms with van der Waals surface area (Å²) in [6.45, 7) is 9.02. The Morgan fingerprint density at radius 3 is 2.08 bits per heavy atom. The van der Waals surface area contributed by atoms with Crippen LogP contribution in [0.25, 0.3) is 12.2 Å². The highest BCUT2D eigenvalue weighted by molar-refractivity contribution is 7.13. The van der Waals surface area contributed by atoms with E-state index in [1.165, 1.54) is 37.1 Å². The van der Waals surface area contributed by atoms with Crippen LogP contribution in [0.5, 0.6) is 0 Å². The minimum atomic E-state index is 0.604. The number of rotatable bonds is 6. The van der Waals surface area contributed by atoms with Crippen LogP contribution in [-0.4, -0.2) is 0 Å². The van der Waals surface area contributed by atoms with Gasteiger partial charge in [0.2, 0.25) is 0 Å². The molecule has 2 aromatic heterocycles. The molecule has 0 saturated carbocycles. The van der Waals surface area contributed by atoms with Gasteiger partial charge in [-0.3, -0.25) is 0 Å². The molecule has 26 heavy (non-hydrogen) atoms. The van der Waals surface area contributed by atoms with Gasteiger partial charge in [0.1, 0.15) is 0 Å². The zero-order valence-corrected chi connectivity index (χ0v) is 17.8. The van der Waals surface area contributed by atoms with Crippen molar-refractivity contribution in [3.8, 4) is 0 Å². The van der Waals surface area contributed by atoms with Crippen molar-refractivity contribution in [2.45, 2.75) is 40.5 Å². The fraction of sp³-hybridized carbons (Fsp3) is 0.333. The SMILES string of the molecule is CCC(C)C1CC(C=Cc2ccc(C)s2)=CC=C1C=Cc1ccc(C)s1. The van der Waals surface area contributed by atoms with Gasteiger partial charge in [0, 0.05) is 19.5 Å². The van der Waals surface area contributed by atoms with Crippen LogP contribution < -0.4 is 0 Å². The van der Waals surface area contributed by atoms with Gasteiger partial charge in [-0.25, -0.2) is 0 Å². The molecule has 0 N–H and O–H groups in total. The van der Waals surface area contributed by atoms with Crippen LogP contribution in [0.2, 0.25) is 0 Å². The second-order valence-corrected chi connectivity index (χ2v) is 9.81. The van der Waals surface area contributed by atoms with E-state index < -0.39 is 0 Å². The molecule has 3 rings (SSSR count). The third-order valence-electron chi connectivity index (χ3n) is 5.13. The lowest BCUT2D eigenvalue weighted by Crippen LogP contribution is -2.15. The van der Waals surface area contributed by atoms with Crippen molar-refractivity contribution < 1.29 is 0 Å². The molecular weight excluding hydrogens is 352 g/mol. The highest BCUT2D eigenvalue weighted by Crippen LogP contribution is 2.35. The average molecular weight is 381 g/mol. The van der Waals surface area contributed by atoms with E-state index in [-0.39, 0.29) is 0 Å². The maximum Gasteiger partial charge on any atom is 0.0273 e. The van der Waals surface area contributed by atoms with E-state index in [9.17, 15) is 0 Å². The van der Waals surface area contributed by atoms with E-state index in [1.54, 1.807) is 0 Å². The third-order valence-corrected chi connectivity index (χ3v) is 7.06. The van der Waals surface area contributed by atoms with Gasteiger partial charge >= 0.3 is 0 Å². The van der Waals surface area contributed by atoms with Crippen molar-refractivity contribution >= 4 is 34.8 Å². The first-order chi connectivity index (χ1) is 12.5. The summed E-state index contributed by atoms with van der Waals surface area (Å²) in [5, 5.41) is 0. The Kier molecular flexibility index (Phi) is 6.50. The molecule has 0 amide bonds. The fourth-order valence-corrected chi connectivity index (χ4v) is 4.90. The first-order valence-corrected chi connectivity index (χ1v) is 11.1. The Morgan fingerprint density at radius 1 is 0.923 bits per heavy atom. The molecular formula is C24H28S2. The second-order valence-electron chi connectivity index (χ2n) is 7.17.